The van der Waals surface area contributed by atoms with Gasteiger partial charge in [-0.3, -0.25) is 14.6 Å². The van der Waals surface area contributed by atoms with Crippen LogP contribution in [0.3, 0.4) is 0 Å². The number of aliphatic carboxylic acids is 1. The Hall–Kier alpha value is -1.89. The van der Waals surface area contributed by atoms with E-state index in [2.05, 4.69) is 4.98 Å². The molecule has 2 heterocycles. The molecule has 0 spiro atoms. The molecular formula is C14H16N2O4S. The normalized spacial score (nSPS) is 19.6. The predicted molar refractivity (Wildman–Crippen MR) is 77.8 cm³/mol. The standard InChI is InChI=1S/C14H16N2O4S/c1-9(17)21-11-7-13(18)16(8-11)12(14(19)20)6-10-2-4-15-5-3-10/h2-5,11-12H,6-8H2,1H3,(H,19,20). The Morgan fingerprint density at radius 3 is 2.71 bits per heavy atom. The lowest BCUT2D eigenvalue weighted by Crippen LogP contribution is -2.43. The molecule has 112 valence electrons. The maximum absolute atomic E-state index is 12.0. The van der Waals surface area contributed by atoms with Crippen LogP contribution in [0.15, 0.2) is 24.5 Å². The number of thioether (sulfide) groups is 1. The van der Waals surface area contributed by atoms with E-state index in [1.807, 2.05) is 0 Å². The van der Waals surface area contributed by atoms with Crippen LogP contribution in [0.5, 0.6) is 0 Å². The van der Waals surface area contributed by atoms with Crippen molar-refractivity contribution in [2.45, 2.75) is 31.1 Å². The topological polar surface area (TPSA) is 87.6 Å². The molecule has 0 saturated carbocycles. The lowest BCUT2D eigenvalue weighted by Gasteiger charge is -2.24. The molecule has 21 heavy (non-hydrogen) atoms. The minimum absolute atomic E-state index is 0.0596. The Bertz CT molecular complexity index is 549. The Kier molecular flexibility index (Phi) is 4.95. The van der Waals surface area contributed by atoms with Crippen LogP contribution < -0.4 is 0 Å². The molecule has 7 heteroatoms. The van der Waals surface area contributed by atoms with Gasteiger partial charge in [-0.05, 0) is 17.7 Å². The summed E-state index contributed by atoms with van der Waals surface area (Å²) >= 11 is 1.10. The van der Waals surface area contributed by atoms with E-state index in [1.54, 1.807) is 24.5 Å². The van der Waals surface area contributed by atoms with Gasteiger partial charge in [0.05, 0.1) is 0 Å². The van der Waals surface area contributed by atoms with Crippen molar-refractivity contribution < 1.29 is 19.5 Å². The molecule has 6 nitrogen and oxygen atoms in total. The average molecular weight is 308 g/mol. The third-order valence-corrected chi connectivity index (χ3v) is 4.28. The Labute approximate surface area is 126 Å². The lowest BCUT2D eigenvalue weighted by molar-refractivity contribution is -0.148. The van der Waals surface area contributed by atoms with Gasteiger partial charge in [-0.25, -0.2) is 4.79 Å². The average Bonchev–Trinajstić information content (AvgIpc) is 2.76. The van der Waals surface area contributed by atoms with Gasteiger partial charge in [-0.1, -0.05) is 11.8 Å². The molecule has 1 fully saturated rings. The molecule has 1 aromatic rings. The molecule has 0 radical (unpaired) electrons. The zero-order chi connectivity index (χ0) is 15.4. The zero-order valence-corrected chi connectivity index (χ0v) is 12.4. The first-order valence-corrected chi connectivity index (χ1v) is 7.43. The SMILES string of the molecule is CC(=O)SC1CC(=O)N(C(Cc2ccncc2)C(=O)O)C1. The maximum Gasteiger partial charge on any atom is 0.326 e. The number of rotatable bonds is 5. The fourth-order valence-electron chi connectivity index (χ4n) is 2.39. The maximum atomic E-state index is 12.0. The first-order valence-electron chi connectivity index (χ1n) is 6.55. The van der Waals surface area contributed by atoms with Gasteiger partial charge in [0.2, 0.25) is 5.91 Å². The van der Waals surface area contributed by atoms with E-state index in [-0.39, 0.29) is 29.1 Å². The third kappa shape index (κ3) is 4.04. The second-order valence-corrected chi connectivity index (χ2v) is 6.37. The highest BCUT2D eigenvalue weighted by Gasteiger charge is 2.38. The molecule has 0 bridgehead atoms. The summed E-state index contributed by atoms with van der Waals surface area (Å²) in [5, 5.41) is 9.18. The van der Waals surface area contributed by atoms with Gasteiger partial charge in [0.25, 0.3) is 0 Å². The largest absolute Gasteiger partial charge is 0.480 e. The summed E-state index contributed by atoms with van der Waals surface area (Å²) < 4.78 is 0. The molecular weight excluding hydrogens is 292 g/mol. The second-order valence-electron chi connectivity index (χ2n) is 4.90. The first kappa shape index (κ1) is 15.5. The monoisotopic (exact) mass is 308 g/mol. The summed E-state index contributed by atoms with van der Waals surface area (Å²) in [6, 6.07) is 2.56. The van der Waals surface area contributed by atoms with Crippen molar-refractivity contribution in [3.05, 3.63) is 30.1 Å². The van der Waals surface area contributed by atoms with Crippen LogP contribution in [0.2, 0.25) is 0 Å². The molecule has 0 aliphatic carbocycles. The van der Waals surface area contributed by atoms with Gasteiger partial charge < -0.3 is 10.0 Å². The minimum atomic E-state index is -1.03. The highest BCUT2D eigenvalue weighted by molar-refractivity contribution is 8.14. The number of amides is 1. The Morgan fingerprint density at radius 1 is 1.48 bits per heavy atom. The van der Waals surface area contributed by atoms with Crippen LogP contribution in [0.1, 0.15) is 18.9 Å². The number of carboxylic acids is 1. The first-order chi connectivity index (χ1) is 9.97. The Balaban J connectivity index is 2.10. The van der Waals surface area contributed by atoms with Crippen molar-refractivity contribution in [1.82, 2.24) is 9.88 Å². The predicted octanol–water partition coefficient (Wildman–Crippen LogP) is 0.958. The summed E-state index contributed by atoms with van der Waals surface area (Å²) in [6.07, 6.45) is 3.63. The molecule has 1 amide bonds. The molecule has 2 rings (SSSR count). The van der Waals surface area contributed by atoms with Gasteiger partial charge in [0.1, 0.15) is 6.04 Å². The van der Waals surface area contributed by atoms with Crippen molar-refractivity contribution in [2.75, 3.05) is 6.54 Å². The molecule has 1 saturated heterocycles. The number of nitrogens with zero attached hydrogens (tertiary/aromatic N) is 2. The summed E-state index contributed by atoms with van der Waals surface area (Å²) in [7, 11) is 0. The summed E-state index contributed by atoms with van der Waals surface area (Å²) in [6.45, 7) is 1.74. The van der Waals surface area contributed by atoms with E-state index < -0.39 is 12.0 Å². The van der Waals surface area contributed by atoms with E-state index in [4.69, 9.17) is 0 Å². The van der Waals surface area contributed by atoms with E-state index >= 15 is 0 Å². The van der Waals surface area contributed by atoms with Crippen molar-refractivity contribution in [2.24, 2.45) is 0 Å². The van der Waals surface area contributed by atoms with Crippen LogP contribution >= 0.6 is 11.8 Å². The third-order valence-electron chi connectivity index (χ3n) is 3.30. The highest BCUT2D eigenvalue weighted by Crippen LogP contribution is 2.26. The van der Waals surface area contributed by atoms with E-state index in [9.17, 15) is 19.5 Å². The fourth-order valence-corrected chi connectivity index (χ4v) is 3.32. The number of aromatic nitrogens is 1. The minimum Gasteiger partial charge on any atom is -0.480 e. The van der Waals surface area contributed by atoms with Crippen LogP contribution in [0.25, 0.3) is 0 Å². The van der Waals surface area contributed by atoms with Crippen molar-refractivity contribution >= 4 is 28.8 Å². The van der Waals surface area contributed by atoms with Gasteiger partial charge in [-0.15, -0.1) is 0 Å². The van der Waals surface area contributed by atoms with E-state index in [0.29, 0.717) is 6.54 Å². The van der Waals surface area contributed by atoms with E-state index in [1.165, 1.54) is 11.8 Å². The number of hydrogen-bond acceptors (Lipinski definition) is 5. The summed E-state index contributed by atoms with van der Waals surface area (Å²) in [5.41, 5.74) is 0.813. The zero-order valence-electron chi connectivity index (χ0n) is 11.6. The number of carbonyl (C=O) groups is 3. The van der Waals surface area contributed by atoms with Crippen LogP contribution in [-0.4, -0.2) is 49.8 Å². The number of likely N-dealkylation sites (tertiary alicyclic amines) is 1. The van der Waals surface area contributed by atoms with Gasteiger partial charge in [-0.2, -0.15) is 0 Å². The smallest absolute Gasteiger partial charge is 0.326 e. The quantitative estimate of drug-likeness (QED) is 0.871. The fraction of sp³-hybridized carbons (Fsp3) is 0.429. The van der Waals surface area contributed by atoms with Gasteiger partial charge >= 0.3 is 5.97 Å². The number of carbonyl (C=O) groups excluding carboxylic acids is 2. The lowest BCUT2D eigenvalue weighted by atomic mass is 10.1. The molecule has 1 aliphatic rings. The van der Waals surface area contributed by atoms with Gasteiger partial charge in [0, 0.05) is 44.0 Å². The molecule has 0 aromatic carbocycles. The van der Waals surface area contributed by atoms with Gasteiger partial charge in [0.15, 0.2) is 5.12 Å². The number of carboxylic acid groups (broad SMARTS) is 1. The molecule has 2 unspecified atom stereocenters. The van der Waals surface area contributed by atoms with Crippen LogP contribution in [0, 0.1) is 0 Å². The summed E-state index contributed by atoms with van der Waals surface area (Å²) in [5.74, 6) is -1.25. The Morgan fingerprint density at radius 2 is 2.14 bits per heavy atom. The second kappa shape index (κ2) is 6.71. The van der Waals surface area contributed by atoms with Crippen molar-refractivity contribution in [1.29, 1.82) is 0 Å². The van der Waals surface area contributed by atoms with Crippen LogP contribution in [0.4, 0.5) is 0 Å². The van der Waals surface area contributed by atoms with E-state index in [0.717, 1.165) is 17.3 Å². The molecule has 1 aliphatic heterocycles. The molecule has 1 N–H and O–H groups in total. The number of pyridine rings is 1. The molecule has 2 atom stereocenters. The van der Waals surface area contributed by atoms with Crippen molar-refractivity contribution in [3.63, 3.8) is 0 Å². The molecule has 1 aromatic heterocycles. The van der Waals surface area contributed by atoms with Crippen LogP contribution in [-0.2, 0) is 20.8 Å². The summed E-state index contributed by atoms with van der Waals surface area (Å²) in [4.78, 5) is 39.9. The van der Waals surface area contributed by atoms with Crippen molar-refractivity contribution in [3.8, 4) is 0 Å². The highest BCUT2D eigenvalue weighted by atomic mass is 32.2. The number of hydrogen-bond donors (Lipinski definition) is 1.